The van der Waals surface area contributed by atoms with Gasteiger partial charge in [-0.25, -0.2) is 0 Å². The molecule has 4 nitrogen and oxygen atoms in total. The van der Waals surface area contributed by atoms with Crippen molar-refractivity contribution in [2.75, 3.05) is 32.7 Å². The van der Waals surface area contributed by atoms with E-state index in [-0.39, 0.29) is 16.7 Å². The Kier molecular flexibility index (Phi) is 12.6. The van der Waals surface area contributed by atoms with E-state index in [1.807, 2.05) is 39.0 Å². The molecule has 2 aliphatic heterocycles. The summed E-state index contributed by atoms with van der Waals surface area (Å²) in [5.41, 5.74) is 0.872. The van der Waals surface area contributed by atoms with Crippen molar-refractivity contribution >= 4 is 16.8 Å². The Hall–Kier alpha value is -0.940. The summed E-state index contributed by atoms with van der Waals surface area (Å²) in [6.45, 7) is 11.1. The molecule has 0 spiro atoms. The Morgan fingerprint density at radius 1 is 1.18 bits per heavy atom. The maximum atomic E-state index is 9.37. The molecular formula is C23H40ClN3O. The Labute approximate surface area is 177 Å². The van der Waals surface area contributed by atoms with Gasteiger partial charge in [-0.2, -0.15) is 0 Å². The van der Waals surface area contributed by atoms with Crippen LogP contribution in [0.5, 0.6) is 0 Å². The van der Waals surface area contributed by atoms with Crippen LogP contribution >= 0.6 is 11.6 Å². The molecule has 2 rings (SSSR count). The number of halogens is 1. The van der Waals surface area contributed by atoms with Crippen LogP contribution in [0, 0.1) is 10.8 Å². The van der Waals surface area contributed by atoms with Crippen LogP contribution in [0.25, 0.3) is 0 Å². The van der Waals surface area contributed by atoms with Gasteiger partial charge in [-0.05, 0) is 77.7 Å². The monoisotopic (exact) mass is 409 g/mol. The SMILES string of the molecule is CCC(O)CN1CCCCC1.C\C=C/C=C\C(=C/C)C1(C(=N)Cl)CCNCC1. The fraction of sp³-hybridized carbons (Fsp3) is 0.696. The zero-order valence-electron chi connectivity index (χ0n) is 18.0. The molecule has 5 heteroatoms. The predicted octanol–water partition coefficient (Wildman–Crippen LogP) is 4.89. The van der Waals surface area contributed by atoms with Gasteiger partial charge in [-0.1, -0.05) is 55.3 Å². The van der Waals surface area contributed by atoms with E-state index in [9.17, 15) is 5.11 Å². The third-order valence-electron chi connectivity index (χ3n) is 5.71. The summed E-state index contributed by atoms with van der Waals surface area (Å²) in [4.78, 5) is 2.37. The number of piperidine rings is 2. The third kappa shape index (κ3) is 8.20. The Bertz CT molecular complexity index is 530. The largest absolute Gasteiger partial charge is 0.392 e. The van der Waals surface area contributed by atoms with Crippen molar-refractivity contribution in [3.05, 3.63) is 36.0 Å². The number of allylic oxidation sites excluding steroid dienone is 6. The van der Waals surface area contributed by atoms with Gasteiger partial charge >= 0.3 is 0 Å². The average molecular weight is 410 g/mol. The first-order valence-corrected chi connectivity index (χ1v) is 11.2. The lowest BCUT2D eigenvalue weighted by Gasteiger charge is -2.37. The van der Waals surface area contributed by atoms with E-state index < -0.39 is 0 Å². The number of likely N-dealkylation sites (tertiary alicyclic amines) is 1. The van der Waals surface area contributed by atoms with Gasteiger partial charge in [-0.15, -0.1) is 0 Å². The molecule has 2 heterocycles. The highest BCUT2D eigenvalue weighted by Crippen LogP contribution is 2.40. The first-order chi connectivity index (χ1) is 13.5. The lowest BCUT2D eigenvalue weighted by atomic mass is 9.73. The van der Waals surface area contributed by atoms with Crippen LogP contribution in [0.2, 0.25) is 0 Å². The summed E-state index contributed by atoms with van der Waals surface area (Å²) in [5, 5.41) is 20.8. The van der Waals surface area contributed by atoms with Crippen LogP contribution in [0.15, 0.2) is 36.0 Å². The summed E-state index contributed by atoms with van der Waals surface area (Å²) in [7, 11) is 0. The molecule has 0 saturated carbocycles. The number of β-amino-alcohol motifs (C(OH)–C–C–N with tert-alkyl or cyclic N) is 1. The van der Waals surface area contributed by atoms with Crippen molar-refractivity contribution in [3.63, 3.8) is 0 Å². The number of rotatable bonds is 7. The van der Waals surface area contributed by atoms with E-state index in [2.05, 4.69) is 22.4 Å². The van der Waals surface area contributed by atoms with Gasteiger partial charge < -0.3 is 15.3 Å². The first kappa shape index (κ1) is 25.1. The molecule has 0 radical (unpaired) electrons. The van der Waals surface area contributed by atoms with Crippen LogP contribution in [-0.2, 0) is 0 Å². The van der Waals surface area contributed by atoms with Gasteiger partial charge in [0.2, 0.25) is 0 Å². The van der Waals surface area contributed by atoms with Crippen molar-refractivity contribution in [2.45, 2.75) is 65.4 Å². The number of hydrogen-bond donors (Lipinski definition) is 3. The normalized spacial score (nSPS) is 22.1. The minimum atomic E-state index is -0.278. The number of nitrogens with one attached hydrogen (secondary N) is 2. The first-order valence-electron chi connectivity index (χ1n) is 10.8. The average Bonchev–Trinajstić information content (AvgIpc) is 2.73. The second-order valence-electron chi connectivity index (χ2n) is 7.70. The van der Waals surface area contributed by atoms with Crippen LogP contribution < -0.4 is 5.32 Å². The molecule has 0 bridgehead atoms. The lowest BCUT2D eigenvalue weighted by Crippen LogP contribution is -2.41. The molecule has 3 N–H and O–H groups in total. The van der Waals surface area contributed by atoms with E-state index in [0.29, 0.717) is 0 Å². The minimum Gasteiger partial charge on any atom is -0.392 e. The molecule has 0 aromatic carbocycles. The Balaban J connectivity index is 0.000000307. The molecule has 2 aliphatic rings. The second kappa shape index (κ2) is 14.1. The standard InChI is InChI=1S/C14H21ClN2.C9H19NO/c1-3-5-6-7-12(4-2)14(13(15)16)8-10-17-11-9-14;1-2-9(11)8-10-6-4-3-5-7-10/h3-7,16-17H,8-11H2,1-2H3;9,11H,2-8H2,1H3/b5-3-,7-6-,12-4+,16-13?;. The third-order valence-corrected chi connectivity index (χ3v) is 6.07. The van der Waals surface area contributed by atoms with E-state index >= 15 is 0 Å². The van der Waals surface area contributed by atoms with Crippen molar-refractivity contribution in [2.24, 2.45) is 5.41 Å². The number of aliphatic hydroxyl groups excluding tert-OH is 1. The van der Waals surface area contributed by atoms with Crippen molar-refractivity contribution in [3.8, 4) is 0 Å². The van der Waals surface area contributed by atoms with Crippen molar-refractivity contribution in [1.82, 2.24) is 10.2 Å². The fourth-order valence-electron chi connectivity index (χ4n) is 3.86. The molecule has 28 heavy (non-hydrogen) atoms. The maximum Gasteiger partial charge on any atom is 0.108 e. The van der Waals surface area contributed by atoms with E-state index in [1.54, 1.807) is 0 Å². The van der Waals surface area contributed by atoms with E-state index in [0.717, 1.165) is 44.5 Å². The van der Waals surface area contributed by atoms with Crippen LogP contribution in [0.4, 0.5) is 0 Å². The molecule has 0 amide bonds. The lowest BCUT2D eigenvalue weighted by molar-refractivity contribution is 0.0984. The summed E-state index contributed by atoms with van der Waals surface area (Å²) >= 11 is 6.06. The highest BCUT2D eigenvalue weighted by Gasteiger charge is 2.37. The molecule has 0 aliphatic carbocycles. The zero-order valence-corrected chi connectivity index (χ0v) is 18.8. The van der Waals surface area contributed by atoms with Gasteiger partial charge in [-0.3, -0.25) is 5.41 Å². The number of nitrogens with zero attached hydrogens (tertiary/aromatic N) is 1. The molecule has 1 unspecified atom stereocenters. The Morgan fingerprint density at radius 3 is 2.32 bits per heavy atom. The molecule has 0 aromatic heterocycles. The number of aliphatic hydroxyl groups is 1. The zero-order chi connectivity index (χ0) is 20.8. The van der Waals surface area contributed by atoms with Gasteiger partial charge in [0, 0.05) is 12.0 Å². The fourth-order valence-corrected chi connectivity index (χ4v) is 4.16. The summed E-state index contributed by atoms with van der Waals surface area (Å²) < 4.78 is 0. The maximum absolute atomic E-state index is 9.37. The van der Waals surface area contributed by atoms with Crippen LogP contribution in [0.3, 0.4) is 0 Å². The topological polar surface area (TPSA) is 59.4 Å². The summed E-state index contributed by atoms with van der Waals surface area (Å²) in [6.07, 6.45) is 16.7. The molecule has 2 fully saturated rings. The smallest absolute Gasteiger partial charge is 0.108 e. The van der Waals surface area contributed by atoms with Gasteiger partial charge in [0.15, 0.2) is 0 Å². The Morgan fingerprint density at radius 2 is 1.82 bits per heavy atom. The van der Waals surface area contributed by atoms with Crippen LogP contribution in [0.1, 0.15) is 59.3 Å². The van der Waals surface area contributed by atoms with Crippen molar-refractivity contribution in [1.29, 1.82) is 5.41 Å². The van der Waals surface area contributed by atoms with Gasteiger partial charge in [0.1, 0.15) is 5.17 Å². The number of hydrogen-bond acceptors (Lipinski definition) is 4. The molecule has 2 saturated heterocycles. The van der Waals surface area contributed by atoms with Crippen LogP contribution in [-0.4, -0.2) is 54.0 Å². The minimum absolute atomic E-state index is 0.104. The highest BCUT2D eigenvalue weighted by atomic mass is 35.5. The molecule has 160 valence electrons. The molecular weight excluding hydrogens is 370 g/mol. The highest BCUT2D eigenvalue weighted by molar-refractivity contribution is 6.66. The van der Waals surface area contributed by atoms with Gasteiger partial charge in [0.25, 0.3) is 0 Å². The molecule has 1 atom stereocenters. The summed E-state index contributed by atoms with van der Waals surface area (Å²) in [5.74, 6) is 0. The van der Waals surface area contributed by atoms with E-state index in [1.165, 1.54) is 32.4 Å². The predicted molar refractivity (Wildman–Crippen MR) is 122 cm³/mol. The second-order valence-corrected chi connectivity index (χ2v) is 8.08. The van der Waals surface area contributed by atoms with Gasteiger partial charge in [0.05, 0.1) is 6.10 Å². The summed E-state index contributed by atoms with van der Waals surface area (Å²) in [6, 6.07) is 0. The quantitative estimate of drug-likeness (QED) is 0.414. The van der Waals surface area contributed by atoms with E-state index in [4.69, 9.17) is 17.0 Å². The van der Waals surface area contributed by atoms with Crippen molar-refractivity contribution < 1.29 is 5.11 Å². The molecule has 0 aromatic rings.